The summed E-state index contributed by atoms with van der Waals surface area (Å²) in [5.41, 5.74) is 2.01. The summed E-state index contributed by atoms with van der Waals surface area (Å²) in [6.07, 6.45) is 10.3. The molecule has 1 aliphatic carbocycles. The molecule has 1 aliphatic heterocycles. The molecule has 0 bridgehead atoms. The van der Waals surface area contributed by atoms with Crippen LogP contribution in [-0.4, -0.2) is 46.1 Å². The fraction of sp³-hybridized carbons (Fsp3) is 0.522. The molecule has 0 atom stereocenters. The van der Waals surface area contributed by atoms with Crippen LogP contribution in [0.25, 0.3) is 0 Å². The summed E-state index contributed by atoms with van der Waals surface area (Å²) in [6.45, 7) is 3.21. The maximum Gasteiger partial charge on any atom is 0.315 e. The second-order valence-corrected chi connectivity index (χ2v) is 8.19. The smallest absolute Gasteiger partial charge is 0.315 e. The molecule has 2 N–H and O–H groups in total. The van der Waals surface area contributed by atoms with E-state index in [1.54, 1.807) is 6.20 Å². The summed E-state index contributed by atoms with van der Waals surface area (Å²) < 4.78 is 6.06. The highest BCUT2D eigenvalue weighted by molar-refractivity contribution is 5.74. The van der Waals surface area contributed by atoms with Crippen LogP contribution < -0.4 is 15.4 Å². The van der Waals surface area contributed by atoms with Crippen molar-refractivity contribution in [3.05, 3.63) is 54.0 Å². The number of nitrogens with one attached hydrogen (secondary N) is 2. The number of urea groups is 1. The van der Waals surface area contributed by atoms with Gasteiger partial charge in [0.05, 0.1) is 5.69 Å². The molecular weight excluding hydrogens is 378 g/mol. The molecule has 2 aliphatic rings. The van der Waals surface area contributed by atoms with Crippen molar-refractivity contribution in [2.45, 2.75) is 63.8 Å². The lowest BCUT2D eigenvalue weighted by atomic mass is 10.1. The minimum atomic E-state index is -0.131. The highest BCUT2D eigenvalue weighted by atomic mass is 16.5. The number of aromatic nitrogens is 2. The predicted octanol–water partition coefficient (Wildman–Crippen LogP) is 3.26. The number of hydrogen-bond acceptors (Lipinski definition) is 5. The fourth-order valence-corrected chi connectivity index (χ4v) is 4.20. The number of rotatable bonds is 7. The van der Waals surface area contributed by atoms with Gasteiger partial charge in [0, 0.05) is 50.2 Å². The monoisotopic (exact) mass is 409 g/mol. The van der Waals surface area contributed by atoms with Crippen molar-refractivity contribution in [2.75, 3.05) is 13.1 Å². The zero-order chi connectivity index (χ0) is 20.6. The van der Waals surface area contributed by atoms with Gasteiger partial charge in [-0.15, -0.1) is 0 Å². The van der Waals surface area contributed by atoms with Crippen molar-refractivity contribution in [3.63, 3.8) is 0 Å². The first kappa shape index (κ1) is 20.6. The van der Waals surface area contributed by atoms with Gasteiger partial charge in [0.1, 0.15) is 6.10 Å². The number of likely N-dealkylation sites (tertiary alicyclic amines) is 1. The number of nitrogens with zero attached hydrogens (tertiary/aromatic N) is 3. The molecule has 160 valence electrons. The molecule has 2 amide bonds. The van der Waals surface area contributed by atoms with Crippen LogP contribution in [-0.2, 0) is 13.1 Å². The van der Waals surface area contributed by atoms with Gasteiger partial charge in [-0.2, -0.15) is 0 Å². The average Bonchev–Trinajstić information content (AvgIpc) is 3.28. The Labute approximate surface area is 178 Å². The van der Waals surface area contributed by atoms with Gasteiger partial charge in [-0.1, -0.05) is 12.1 Å². The lowest BCUT2D eigenvalue weighted by Gasteiger charge is -2.32. The Hall–Kier alpha value is -2.67. The molecule has 30 heavy (non-hydrogen) atoms. The van der Waals surface area contributed by atoms with E-state index in [1.807, 2.05) is 30.5 Å². The summed E-state index contributed by atoms with van der Waals surface area (Å²) in [7, 11) is 0. The molecule has 7 nitrogen and oxygen atoms in total. The Morgan fingerprint density at radius 3 is 2.60 bits per heavy atom. The third-order valence-electron chi connectivity index (χ3n) is 5.90. The number of ether oxygens (including phenoxy) is 1. The van der Waals surface area contributed by atoms with Crippen LogP contribution in [0.5, 0.6) is 5.88 Å². The number of hydrogen-bond donors (Lipinski definition) is 2. The van der Waals surface area contributed by atoms with E-state index < -0.39 is 0 Å². The molecule has 4 rings (SSSR count). The summed E-state index contributed by atoms with van der Waals surface area (Å²) in [4.78, 5) is 23.6. The van der Waals surface area contributed by atoms with Gasteiger partial charge in [-0.25, -0.2) is 9.78 Å². The first-order valence-electron chi connectivity index (χ1n) is 11.0. The van der Waals surface area contributed by atoms with Crippen molar-refractivity contribution in [3.8, 4) is 5.88 Å². The van der Waals surface area contributed by atoms with E-state index in [0.717, 1.165) is 56.6 Å². The first-order chi connectivity index (χ1) is 14.8. The van der Waals surface area contributed by atoms with E-state index in [9.17, 15) is 4.79 Å². The summed E-state index contributed by atoms with van der Waals surface area (Å²) in [5.74, 6) is 0.646. The topological polar surface area (TPSA) is 79.4 Å². The lowest BCUT2D eigenvalue weighted by molar-refractivity contribution is 0.184. The number of carbonyl (C=O) groups is 1. The van der Waals surface area contributed by atoms with Crippen LogP contribution >= 0.6 is 0 Å². The molecule has 3 heterocycles. The van der Waals surface area contributed by atoms with Crippen molar-refractivity contribution in [1.82, 2.24) is 25.5 Å². The second kappa shape index (κ2) is 10.4. The van der Waals surface area contributed by atoms with Crippen molar-refractivity contribution in [2.24, 2.45) is 0 Å². The Morgan fingerprint density at radius 2 is 1.83 bits per heavy atom. The molecule has 2 fully saturated rings. The number of carbonyl (C=O) groups excluding carboxylic acids is 1. The highest BCUT2D eigenvalue weighted by Gasteiger charge is 2.22. The van der Waals surface area contributed by atoms with Gasteiger partial charge >= 0.3 is 6.03 Å². The van der Waals surface area contributed by atoms with Gasteiger partial charge in [0.15, 0.2) is 0 Å². The normalized spacial score (nSPS) is 18.3. The van der Waals surface area contributed by atoms with Crippen molar-refractivity contribution in [1.29, 1.82) is 0 Å². The standard InChI is InChI=1S/C23H31N5O2/c29-23(26-16-18-6-5-13-25-22(18)30-21-8-1-2-9-21)27-19-10-14-28(15-11-19)17-20-7-3-4-12-24-20/h3-7,12-13,19,21H,1-2,8-11,14-17H2,(H2,26,27,29). The summed E-state index contributed by atoms with van der Waals surface area (Å²) in [5, 5.41) is 6.08. The van der Waals surface area contributed by atoms with E-state index >= 15 is 0 Å². The molecule has 0 radical (unpaired) electrons. The predicted molar refractivity (Wildman–Crippen MR) is 115 cm³/mol. The Morgan fingerprint density at radius 1 is 1.03 bits per heavy atom. The lowest BCUT2D eigenvalue weighted by Crippen LogP contribution is -2.47. The van der Waals surface area contributed by atoms with Crippen LogP contribution in [0.2, 0.25) is 0 Å². The maximum atomic E-state index is 12.4. The maximum absolute atomic E-state index is 12.4. The van der Waals surface area contributed by atoms with E-state index in [2.05, 4.69) is 31.6 Å². The van der Waals surface area contributed by atoms with Gasteiger partial charge in [-0.3, -0.25) is 9.88 Å². The minimum Gasteiger partial charge on any atom is -0.474 e. The molecule has 1 saturated heterocycles. The van der Waals surface area contributed by atoms with Crippen LogP contribution in [0.1, 0.15) is 49.8 Å². The molecular formula is C23H31N5O2. The molecule has 0 unspecified atom stereocenters. The van der Waals surface area contributed by atoms with Crippen LogP contribution in [0.15, 0.2) is 42.7 Å². The van der Waals surface area contributed by atoms with E-state index in [0.29, 0.717) is 12.4 Å². The molecule has 2 aromatic heterocycles. The first-order valence-corrected chi connectivity index (χ1v) is 11.0. The zero-order valence-corrected chi connectivity index (χ0v) is 17.4. The van der Waals surface area contributed by atoms with Gasteiger partial charge in [0.2, 0.25) is 5.88 Å². The van der Waals surface area contributed by atoms with Crippen LogP contribution in [0, 0.1) is 0 Å². The SMILES string of the molecule is O=C(NCc1cccnc1OC1CCCC1)NC1CCN(Cc2ccccn2)CC1. The Bertz CT molecular complexity index is 802. The van der Waals surface area contributed by atoms with Crippen molar-refractivity contribution < 1.29 is 9.53 Å². The molecule has 2 aromatic rings. The Balaban J connectivity index is 1.19. The largest absolute Gasteiger partial charge is 0.474 e. The fourth-order valence-electron chi connectivity index (χ4n) is 4.20. The van der Waals surface area contributed by atoms with Crippen LogP contribution in [0.4, 0.5) is 4.79 Å². The van der Waals surface area contributed by atoms with Crippen molar-refractivity contribution >= 4 is 6.03 Å². The molecule has 1 saturated carbocycles. The van der Waals surface area contributed by atoms with E-state index in [1.165, 1.54) is 12.8 Å². The van der Waals surface area contributed by atoms with Gasteiger partial charge < -0.3 is 15.4 Å². The summed E-state index contributed by atoms with van der Waals surface area (Å²) in [6, 6.07) is 9.94. The van der Waals surface area contributed by atoms with E-state index in [-0.39, 0.29) is 18.2 Å². The number of pyridine rings is 2. The molecule has 0 aromatic carbocycles. The molecule has 0 spiro atoms. The number of amides is 2. The Kier molecular flexibility index (Phi) is 7.13. The third-order valence-corrected chi connectivity index (χ3v) is 5.90. The van der Waals surface area contributed by atoms with Crippen LogP contribution in [0.3, 0.4) is 0 Å². The second-order valence-electron chi connectivity index (χ2n) is 8.19. The molecule has 7 heteroatoms. The zero-order valence-electron chi connectivity index (χ0n) is 17.4. The highest BCUT2D eigenvalue weighted by Crippen LogP contribution is 2.25. The average molecular weight is 410 g/mol. The van der Waals surface area contributed by atoms with E-state index in [4.69, 9.17) is 4.74 Å². The number of piperidine rings is 1. The van der Waals surface area contributed by atoms with Gasteiger partial charge in [-0.05, 0) is 56.7 Å². The minimum absolute atomic E-state index is 0.131. The quantitative estimate of drug-likeness (QED) is 0.734. The summed E-state index contributed by atoms with van der Waals surface area (Å²) >= 11 is 0. The van der Waals surface area contributed by atoms with Gasteiger partial charge in [0.25, 0.3) is 0 Å². The third kappa shape index (κ3) is 5.92.